The second kappa shape index (κ2) is 4.25. The fraction of sp³-hybridized carbons (Fsp3) is 0.467. The molecule has 1 aliphatic rings. The molecule has 1 aromatic carbocycles. The number of H-pyrrole nitrogens is 1. The van der Waals surface area contributed by atoms with Gasteiger partial charge in [-0.1, -0.05) is 6.92 Å². The van der Waals surface area contributed by atoms with Crippen LogP contribution in [0.3, 0.4) is 0 Å². The van der Waals surface area contributed by atoms with Crippen molar-refractivity contribution >= 4 is 10.9 Å². The minimum atomic E-state index is -4.33. The third-order valence-electron chi connectivity index (χ3n) is 4.29. The highest BCUT2D eigenvalue weighted by atomic mass is 19.4. The first-order chi connectivity index (χ1) is 9.32. The molecule has 1 unspecified atom stereocenters. The molecule has 3 rings (SSSR count). The van der Waals surface area contributed by atoms with Gasteiger partial charge in [0.1, 0.15) is 0 Å². The first-order valence-corrected chi connectivity index (χ1v) is 6.64. The van der Waals surface area contributed by atoms with Crippen molar-refractivity contribution in [2.75, 3.05) is 6.61 Å². The van der Waals surface area contributed by atoms with Crippen LogP contribution >= 0.6 is 0 Å². The molecular formula is C15H16F3NO. The lowest BCUT2D eigenvalue weighted by atomic mass is 9.75. The van der Waals surface area contributed by atoms with Gasteiger partial charge in [-0.2, -0.15) is 13.2 Å². The fourth-order valence-electron chi connectivity index (χ4n) is 2.97. The lowest BCUT2D eigenvalue weighted by Gasteiger charge is -2.31. The number of aryl methyl sites for hydroxylation is 1. The summed E-state index contributed by atoms with van der Waals surface area (Å²) in [6.45, 7) is 2.03. The summed E-state index contributed by atoms with van der Waals surface area (Å²) in [5.41, 5.74) is 1.81. The van der Waals surface area contributed by atoms with E-state index in [1.54, 1.807) is 0 Å². The second-order valence-electron chi connectivity index (χ2n) is 5.99. The highest BCUT2D eigenvalue weighted by Gasteiger charge is 2.34. The van der Waals surface area contributed by atoms with Gasteiger partial charge in [0.25, 0.3) is 0 Å². The summed E-state index contributed by atoms with van der Waals surface area (Å²) in [6.07, 6.45) is -2.11. The zero-order chi connectivity index (χ0) is 14.5. The number of fused-ring (bicyclic) bond motifs is 3. The number of nitrogens with one attached hydrogen (secondary N) is 1. The van der Waals surface area contributed by atoms with E-state index in [0.29, 0.717) is 11.8 Å². The molecule has 0 bridgehead atoms. The standard InChI is InChI=1S/C15H16F3NO/c1-14(8-20)5-4-13-11(7-14)10-6-9(15(16,17)18)2-3-12(10)19-13/h2-3,6,19-20H,4-5,7-8H2,1H3. The summed E-state index contributed by atoms with van der Waals surface area (Å²) in [6, 6.07) is 3.82. The number of halogens is 3. The fourth-order valence-corrected chi connectivity index (χ4v) is 2.97. The molecule has 2 aromatic rings. The molecule has 0 saturated carbocycles. The molecular weight excluding hydrogens is 267 g/mol. The summed E-state index contributed by atoms with van der Waals surface area (Å²) < 4.78 is 38.5. The average Bonchev–Trinajstić information content (AvgIpc) is 2.75. The van der Waals surface area contributed by atoms with Crippen LogP contribution in [0.2, 0.25) is 0 Å². The predicted molar refractivity (Wildman–Crippen MR) is 70.5 cm³/mol. The van der Waals surface area contributed by atoms with E-state index >= 15 is 0 Å². The molecule has 0 spiro atoms. The number of alkyl halides is 3. The van der Waals surface area contributed by atoms with Gasteiger partial charge in [0.2, 0.25) is 0 Å². The largest absolute Gasteiger partial charge is 0.416 e. The van der Waals surface area contributed by atoms with Gasteiger partial charge in [0, 0.05) is 23.2 Å². The Hall–Kier alpha value is -1.49. The van der Waals surface area contributed by atoms with Crippen LogP contribution in [0.4, 0.5) is 13.2 Å². The van der Waals surface area contributed by atoms with Crippen molar-refractivity contribution in [2.45, 2.75) is 32.4 Å². The van der Waals surface area contributed by atoms with E-state index in [4.69, 9.17) is 0 Å². The number of aromatic amines is 1. The maximum absolute atomic E-state index is 12.8. The van der Waals surface area contributed by atoms with Gasteiger partial charge in [0.05, 0.1) is 5.56 Å². The van der Waals surface area contributed by atoms with Crippen LogP contribution in [0.25, 0.3) is 10.9 Å². The highest BCUT2D eigenvalue weighted by Crippen LogP contribution is 2.40. The summed E-state index contributed by atoms with van der Waals surface area (Å²) >= 11 is 0. The Balaban J connectivity index is 2.14. The van der Waals surface area contributed by atoms with Gasteiger partial charge in [-0.15, -0.1) is 0 Å². The molecule has 2 N–H and O–H groups in total. The zero-order valence-corrected chi connectivity index (χ0v) is 11.1. The maximum atomic E-state index is 12.8. The summed E-state index contributed by atoms with van der Waals surface area (Å²) in [7, 11) is 0. The average molecular weight is 283 g/mol. The quantitative estimate of drug-likeness (QED) is 0.823. The minimum Gasteiger partial charge on any atom is -0.396 e. The van der Waals surface area contributed by atoms with E-state index in [1.807, 2.05) is 6.92 Å². The Kier molecular flexibility index (Phi) is 2.87. The SMILES string of the molecule is CC1(CO)CCc2[nH]c3ccc(C(F)(F)F)cc3c2C1. The van der Waals surface area contributed by atoms with Crippen LogP contribution in [0.5, 0.6) is 0 Å². The van der Waals surface area contributed by atoms with Gasteiger partial charge in [0.15, 0.2) is 0 Å². The molecule has 2 nitrogen and oxygen atoms in total. The van der Waals surface area contributed by atoms with E-state index < -0.39 is 11.7 Å². The third kappa shape index (κ3) is 2.10. The van der Waals surface area contributed by atoms with E-state index in [1.165, 1.54) is 12.1 Å². The summed E-state index contributed by atoms with van der Waals surface area (Å²) in [4.78, 5) is 3.21. The monoisotopic (exact) mass is 283 g/mol. The second-order valence-corrected chi connectivity index (χ2v) is 5.99. The minimum absolute atomic E-state index is 0.0536. The van der Waals surface area contributed by atoms with Crippen molar-refractivity contribution < 1.29 is 18.3 Å². The number of benzene rings is 1. The molecule has 1 aromatic heterocycles. The molecule has 1 heterocycles. The number of aromatic nitrogens is 1. The number of hydrogen-bond acceptors (Lipinski definition) is 1. The lowest BCUT2D eigenvalue weighted by molar-refractivity contribution is -0.137. The molecule has 1 atom stereocenters. The molecule has 5 heteroatoms. The molecule has 108 valence electrons. The van der Waals surface area contributed by atoms with E-state index in [9.17, 15) is 18.3 Å². The van der Waals surface area contributed by atoms with Crippen LogP contribution in [0.1, 0.15) is 30.2 Å². The van der Waals surface area contributed by atoms with Crippen LogP contribution in [0.15, 0.2) is 18.2 Å². The molecule has 0 radical (unpaired) electrons. The van der Waals surface area contributed by atoms with E-state index in [0.717, 1.165) is 35.7 Å². The molecule has 0 saturated heterocycles. The highest BCUT2D eigenvalue weighted by molar-refractivity contribution is 5.85. The number of rotatable bonds is 1. The van der Waals surface area contributed by atoms with Crippen LogP contribution in [-0.4, -0.2) is 16.7 Å². The van der Waals surface area contributed by atoms with Crippen molar-refractivity contribution in [3.8, 4) is 0 Å². The van der Waals surface area contributed by atoms with Gasteiger partial charge >= 0.3 is 6.18 Å². The van der Waals surface area contributed by atoms with E-state index in [-0.39, 0.29) is 12.0 Å². The normalized spacial score (nSPS) is 23.1. The smallest absolute Gasteiger partial charge is 0.396 e. The Morgan fingerprint density at radius 1 is 1.35 bits per heavy atom. The Bertz CT molecular complexity index is 659. The topological polar surface area (TPSA) is 36.0 Å². The zero-order valence-electron chi connectivity index (χ0n) is 11.1. The molecule has 1 aliphatic carbocycles. The van der Waals surface area contributed by atoms with Crippen molar-refractivity contribution in [1.29, 1.82) is 0 Å². The van der Waals surface area contributed by atoms with Gasteiger partial charge in [-0.3, -0.25) is 0 Å². The third-order valence-corrected chi connectivity index (χ3v) is 4.29. The molecule has 20 heavy (non-hydrogen) atoms. The summed E-state index contributed by atoms with van der Waals surface area (Å²) in [5.74, 6) is 0. The van der Waals surface area contributed by atoms with Crippen molar-refractivity contribution in [1.82, 2.24) is 4.98 Å². The first-order valence-electron chi connectivity index (χ1n) is 6.64. The van der Waals surface area contributed by atoms with Gasteiger partial charge in [-0.25, -0.2) is 0 Å². The van der Waals surface area contributed by atoms with Gasteiger partial charge in [-0.05, 0) is 48.4 Å². The Morgan fingerprint density at radius 2 is 2.10 bits per heavy atom. The molecule has 0 fully saturated rings. The summed E-state index contributed by atoms with van der Waals surface area (Å²) in [5, 5.41) is 10.1. The van der Waals surface area contributed by atoms with Crippen molar-refractivity contribution in [3.63, 3.8) is 0 Å². The number of aliphatic hydroxyl groups excluding tert-OH is 1. The molecule has 0 aliphatic heterocycles. The van der Waals surface area contributed by atoms with Crippen molar-refractivity contribution in [3.05, 3.63) is 35.0 Å². The number of aliphatic hydroxyl groups is 1. The maximum Gasteiger partial charge on any atom is 0.416 e. The van der Waals surface area contributed by atoms with Crippen LogP contribution in [-0.2, 0) is 19.0 Å². The predicted octanol–water partition coefficient (Wildman–Crippen LogP) is 3.67. The van der Waals surface area contributed by atoms with Crippen LogP contribution in [0, 0.1) is 5.41 Å². The van der Waals surface area contributed by atoms with E-state index in [2.05, 4.69) is 4.98 Å². The Labute approximate surface area is 114 Å². The number of hydrogen-bond donors (Lipinski definition) is 2. The Morgan fingerprint density at radius 3 is 2.75 bits per heavy atom. The van der Waals surface area contributed by atoms with Crippen molar-refractivity contribution in [2.24, 2.45) is 5.41 Å². The molecule has 0 amide bonds. The van der Waals surface area contributed by atoms with Crippen LogP contribution < -0.4 is 0 Å². The first kappa shape index (κ1) is 13.5. The van der Waals surface area contributed by atoms with Gasteiger partial charge < -0.3 is 10.1 Å². The lowest BCUT2D eigenvalue weighted by Crippen LogP contribution is -2.29.